The molecule has 38 heavy (non-hydrogen) atoms. The summed E-state index contributed by atoms with van der Waals surface area (Å²) < 4.78 is 45.0. The van der Waals surface area contributed by atoms with Crippen LogP contribution in [-0.4, -0.2) is 69.6 Å². The zero-order valence-corrected chi connectivity index (χ0v) is 20.6. The number of halogens is 4. The van der Waals surface area contributed by atoms with Gasteiger partial charge in [0.2, 0.25) is 5.88 Å². The number of aliphatic hydroxyl groups excluding tert-OH is 2. The number of nitrogens with one attached hydrogen (secondary N) is 1. The molecule has 2 amide bonds. The Morgan fingerprint density at radius 3 is 2.82 bits per heavy atom. The van der Waals surface area contributed by atoms with Crippen molar-refractivity contribution in [2.75, 3.05) is 41.4 Å². The Morgan fingerprint density at radius 2 is 2.05 bits per heavy atom. The molecule has 14 heteroatoms. The number of nitrogens with zero attached hydrogens (tertiary/aromatic N) is 5. The molecule has 0 saturated carbocycles. The van der Waals surface area contributed by atoms with Gasteiger partial charge in [0, 0.05) is 36.6 Å². The van der Waals surface area contributed by atoms with Crippen LogP contribution in [0.1, 0.15) is 12.0 Å². The van der Waals surface area contributed by atoms with Crippen LogP contribution in [0.15, 0.2) is 48.8 Å². The topological polar surface area (TPSA) is 124 Å². The molecule has 3 N–H and O–H groups in total. The number of benzene rings is 1. The first-order valence-electron chi connectivity index (χ1n) is 11.5. The molecule has 1 aromatic carbocycles. The normalized spacial score (nSPS) is 16.9. The average molecular weight is 553 g/mol. The number of anilines is 3. The lowest BCUT2D eigenvalue weighted by atomic mass is 10.1. The van der Waals surface area contributed by atoms with Crippen LogP contribution in [0.5, 0.6) is 5.88 Å². The van der Waals surface area contributed by atoms with E-state index in [4.69, 9.17) is 9.84 Å². The molecule has 1 fully saturated rings. The number of carbonyl (C=O) groups is 1. The third-order valence-corrected chi connectivity index (χ3v) is 6.13. The fraction of sp³-hybridized carbons (Fsp3) is 0.333. The van der Waals surface area contributed by atoms with Crippen molar-refractivity contribution in [3.05, 3.63) is 54.4 Å². The van der Waals surface area contributed by atoms with Crippen LogP contribution < -0.4 is 19.9 Å². The van der Waals surface area contributed by atoms with Crippen LogP contribution in [0.2, 0.25) is 0 Å². The van der Waals surface area contributed by atoms with E-state index >= 15 is 0 Å². The molecule has 2 atom stereocenters. The molecule has 5 rings (SSSR count). The second-order valence-electron chi connectivity index (χ2n) is 8.70. The maximum Gasteiger partial charge on any atom is 0.416 e. The molecule has 0 aliphatic carbocycles. The fourth-order valence-corrected chi connectivity index (χ4v) is 4.33. The van der Waals surface area contributed by atoms with Crippen LogP contribution in [0, 0.1) is 0 Å². The lowest BCUT2D eigenvalue weighted by Crippen LogP contribution is -2.48. The van der Waals surface area contributed by atoms with Gasteiger partial charge in [-0.2, -0.15) is 13.2 Å². The quantitative estimate of drug-likeness (QED) is 0.425. The molecule has 0 radical (unpaired) electrons. The Balaban J connectivity index is 0.00000336. The minimum atomic E-state index is -4.51. The molecular formula is C24H24ClF3N6O4. The van der Waals surface area contributed by atoms with E-state index in [1.54, 1.807) is 6.07 Å². The molecule has 10 nitrogen and oxygen atoms in total. The van der Waals surface area contributed by atoms with E-state index in [2.05, 4.69) is 20.3 Å². The zero-order valence-electron chi connectivity index (χ0n) is 19.8. The first-order valence-corrected chi connectivity index (χ1v) is 11.5. The Morgan fingerprint density at radius 1 is 1.24 bits per heavy atom. The Labute approximate surface area is 221 Å². The van der Waals surface area contributed by atoms with Crippen molar-refractivity contribution in [1.82, 2.24) is 15.0 Å². The Bertz CT molecular complexity index is 1310. The number of hydrogen-bond donors (Lipinski definition) is 3. The largest absolute Gasteiger partial charge is 0.475 e. The lowest BCUT2D eigenvalue weighted by Gasteiger charge is -2.35. The van der Waals surface area contributed by atoms with Crippen LogP contribution in [0.3, 0.4) is 0 Å². The maximum atomic E-state index is 13.4. The van der Waals surface area contributed by atoms with Crippen molar-refractivity contribution in [2.24, 2.45) is 0 Å². The van der Waals surface area contributed by atoms with Gasteiger partial charge >= 0.3 is 12.2 Å². The molecule has 2 bridgehead atoms. The van der Waals surface area contributed by atoms with Crippen molar-refractivity contribution in [1.29, 1.82) is 0 Å². The second-order valence-corrected chi connectivity index (χ2v) is 8.70. The van der Waals surface area contributed by atoms with E-state index in [1.165, 1.54) is 35.5 Å². The van der Waals surface area contributed by atoms with Crippen LogP contribution in [0.4, 0.5) is 35.2 Å². The Hall–Kier alpha value is -3.68. The van der Waals surface area contributed by atoms with E-state index in [9.17, 15) is 23.1 Å². The number of rotatable bonds is 6. The third-order valence-electron chi connectivity index (χ3n) is 6.13. The van der Waals surface area contributed by atoms with Crippen molar-refractivity contribution >= 4 is 35.6 Å². The van der Waals surface area contributed by atoms with Crippen LogP contribution >= 0.6 is 12.4 Å². The summed E-state index contributed by atoms with van der Waals surface area (Å²) in [5, 5.41) is 21.2. The summed E-state index contributed by atoms with van der Waals surface area (Å²) in [6.07, 6.45) is -1.94. The monoisotopic (exact) mass is 552 g/mol. The molecule has 2 aliphatic heterocycles. The standard InChI is InChI=1S/C24H23F3N6O4.ClH/c25-24(26,27)15-3-1-2-14(8-15)21-29-10-19-22(31-21)33(17-5-7-32(19)11-17)23(36)30-16-4-6-28-20(9-16)37-13-18(35)12-34;/h1-4,6,8-10,17-18,34-35H,5,7,11-13H2,(H,28,30,36);1H/t17-,18+;/m0./s1. The summed E-state index contributed by atoms with van der Waals surface area (Å²) in [6.45, 7) is 0.631. The van der Waals surface area contributed by atoms with E-state index in [-0.39, 0.29) is 42.3 Å². The van der Waals surface area contributed by atoms with Gasteiger partial charge in [-0.15, -0.1) is 12.4 Å². The molecule has 1 saturated heterocycles. The fourth-order valence-electron chi connectivity index (χ4n) is 4.33. The predicted molar refractivity (Wildman–Crippen MR) is 135 cm³/mol. The molecule has 202 valence electrons. The number of ether oxygens (including phenoxy) is 1. The summed E-state index contributed by atoms with van der Waals surface area (Å²) in [7, 11) is 0. The van der Waals surface area contributed by atoms with E-state index in [0.29, 0.717) is 36.7 Å². The molecule has 3 aromatic rings. The summed E-state index contributed by atoms with van der Waals surface area (Å²) in [5.74, 6) is 0.531. The minimum absolute atomic E-state index is 0. The van der Waals surface area contributed by atoms with Gasteiger partial charge in [0.05, 0.1) is 30.1 Å². The van der Waals surface area contributed by atoms with Gasteiger partial charge in [0.1, 0.15) is 12.7 Å². The van der Waals surface area contributed by atoms with Gasteiger partial charge < -0.3 is 25.2 Å². The number of aromatic nitrogens is 3. The summed E-state index contributed by atoms with van der Waals surface area (Å²) in [4.78, 5) is 29.8. The molecule has 0 unspecified atom stereocenters. The lowest BCUT2D eigenvalue weighted by molar-refractivity contribution is -0.137. The van der Waals surface area contributed by atoms with E-state index in [1.807, 2.05) is 4.90 Å². The van der Waals surface area contributed by atoms with E-state index in [0.717, 1.165) is 12.1 Å². The van der Waals surface area contributed by atoms with Crippen molar-refractivity contribution in [2.45, 2.75) is 24.7 Å². The maximum absolute atomic E-state index is 13.4. The second kappa shape index (κ2) is 11.0. The summed E-state index contributed by atoms with van der Waals surface area (Å²) in [5.41, 5.74) is 0.373. The third kappa shape index (κ3) is 5.59. The molecule has 2 aromatic heterocycles. The number of aliphatic hydroxyl groups is 2. The number of pyridine rings is 1. The van der Waals surface area contributed by atoms with Gasteiger partial charge in [-0.25, -0.2) is 19.7 Å². The van der Waals surface area contributed by atoms with Crippen LogP contribution in [-0.2, 0) is 6.18 Å². The highest BCUT2D eigenvalue weighted by Gasteiger charge is 2.41. The highest BCUT2D eigenvalue weighted by molar-refractivity contribution is 6.04. The van der Waals surface area contributed by atoms with Gasteiger partial charge in [0.15, 0.2) is 11.6 Å². The molecule has 0 spiro atoms. The Kier molecular flexibility index (Phi) is 7.90. The average Bonchev–Trinajstić information content (AvgIpc) is 3.31. The SMILES string of the molecule is Cl.O=C(Nc1ccnc(OC[C@H](O)CO)c1)N1c2nc(-c3cccc(C(F)(F)F)c3)ncc2N2CC[C@H]1C2. The minimum Gasteiger partial charge on any atom is -0.475 e. The molecule has 2 aliphatic rings. The number of hydrogen-bond acceptors (Lipinski definition) is 8. The first-order chi connectivity index (χ1) is 17.7. The smallest absolute Gasteiger partial charge is 0.416 e. The van der Waals surface area contributed by atoms with E-state index < -0.39 is 30.5 Å². The van der Waals surface area contributed by atoms with Gasteiger partial charge in [-0.05, 0) is 24.6 Å². The number of alkyl halides is 3. The molecule has 4 heterocycles. The van der Waals surface area contributed by atoms with Gasteiger partial charge in [0.25, 0.3) is 0 Å². The summed E-state index contributed by atoms with van der Waals surface area (Å²) in [6, 6.07) is 7.12. The van der Waals surface area contributed by atoms with Gasteiger partial charge in [-0.3, -0.25) is 4.90 Å². The zero-order chi connectivity index (χ0) is 26.2. The number of amides is 2. The highest BCUT2D eigenvalue weighted by Crippen LogP contribution is 2.40. The number of fused-ring (bicyclic) bond motifs is 4. The van der Waals surface area contributed by atoms with Crippen molar-refractivity contribution in [3.63, 3.8) is 0 Å². The van der Waals surface area contributed by atoms with Crippen molar-refractivity contribution < 1.29 is 32.9 Å². The van der Waals surface area contributed by atoms with Crippen LogP contribution in [0.25, 0.3) is 11.4 Å². The number of carbonyl (C=O) groups excluding carboxylic acids is 1. The van der Waals surface area contributed by atoms with Crippen molar-refractivity contribution in [3.8, 4) is 17.3 Å². The van der Waals surface area contributed by atoms with Gasteiger partial charge in [-0.1, -0.05) is 12.1 Å². The first kappa shape index (κ1) is 27.4. The highest BCUT2D eigenvalue weighted by atomic mass is 35.5. The predicted octanol–water partition coefficient (Wildman–Crippen LogP) is 3.34. The molecular weight excluding hydrogens is 529 g/mol. The summed E-state index contributed by atoms with van der Waals surface area (Å²) >= 11 is 0. The number of urea groups is 1.